The summed E-state index contributed by atoms with van der Waals surface area (Å²) in [7, 11) is 1.60. The molecule has 8 heteroatoms. The third kappa shape index (κ3) is 5.17. The van der Waals surface area contributed by atoms with Crippen molar-refractivity contribution in [1.82, 2.24) is 14.8 Å². The van der Waals surface area contributed by atoms with Crippen molar-refractivity contribution < 1.29 is 18.7 Å². The molecule has 4 aromatic rings. The molecule has 0 spiro atoms. The molecule has 1 heterocycles. The Balaban J connectivity index is 1.69. The maximum absolute atomic E-state index is 13.2. The number of nitrogens with zero attached hydrogens (tertiary/aromatic N) is 3. The molecule has 3 aromatic carbocycles. The highest BCUT2D eigenvalue weighted by Crippen LogP contribution is 2.28. The summed E-state index contributed by atoms with van der Waals surface area (Å²) in [4.78, 5) is 17.1. The highest BCUT2D eigenvalue weighted by atomic mass is 19.1. The number of hydrogen-bond donors (Lipinski definition) is 1. The van der Waals surface area contributed by atoms with Crippen LogP contribution in [0.1, 0.15) is 24.2 Å². The number of hydrogen-bond acceptors (Lipinski definition) is 5. The van der Waals surface area contributed by atoms with E-state index in [0.717, 1.165) is 5.56 Å². The van der Waals surface area contributed by atoms with Crippen molar-refractivity contribution in [1.29, 1.82) is 0 Å². The minimum atomic E-state index is -0.399. The highest BCUT2D eigenvalue weighted by Gasteiger charge is 2.17. The van der Waals surface area contributed by atoms with Gasteiger partial charge in [0, 0.05) is 16.8 Å². The predicted octanol–water partition coefficient (Wildman–Crippen LogP) is 5.12. The largest absolute Gasteiger partial charge is 0.497 e. The Kier molecular flexibility index (Phi) is 6.35. The summed E-state index contributed by atoms with van der Waals surface area (Å²) < 4.78 is 25.9. The van der Waals surface area contributed by atoms with Gasteiger partial charge in [0.2, 0.25) is 0 Å². The number of benzene rings is 3. The maximum Gasteiger partial charge on any atom is 0.336 e. The summed E-state index contributed by atoms with van der Waals surface area (Å²) in [6.07, 6.45) is -0.0969. The lowest BCUT2D eigenvalue weighted by Gasteiger charge is -2.10. The molecule has 0 fully saturated rings. The molecule has 0 aliphatic carbocycles. The molecule has 1 amide bonds. The van der Waals surface area contributed by atoms with Gasteiger partial charge in [-0.3, -0.25) is 4.79 Å². The lowest BCUT2D eigenvalue weighted by atomic mass is 10.2. The van der Waals surface area contributed by atoms with Crippen molar-refractivity contribution in [3.05, 3.63) is 84.2 Å². The minimum absolute atomic E-state index is 0.0969. The van der Waals surface area contributed by atoms with Gasteiger partial charge in [-0.15, -0.1) is 5.10 Å². The zero-order valence-corrected chi connectivity index (χ0v) is 18.4. The molecule has 7 nitrogen and oxygen atoms in total. The number of aromatic nitrogens is 3. The molecule has 168 valence electrons. The smallest absolute Gasteiger partial charge is 0.336 e. The van der Waals surface area contributed by atoms with E-state index in [-0.39, 0.29) is 18.0 Å². The van der Waals surface area contributed by atoms with E-state index < -0.39 is 5.82 Å². The molecule has 4 rings (SSSR count). The van der Waals surface area contributed by atoms with E-state index in [9.17, 15) is 9.18 Å². The van der Waals surface area contributed by atoms with Crippen molar-refractivity contribution in [2.45, 2.75) is 20.0 Å². The summed E-state index contributed by atoms with van der Waals surface area (Å²) in [5.41, 5.74) is 2.38. The first-order chi connectivity index (χ1) is 15.9. The van der Waals surface area contributed by atoms with Crippen molar-refractivity contribution in [2.24, 2.45) is 0 Å². The first kappa shape index (κ1) is 22.0. The number of methoxy groups -OCH3 is 1. The van der Waals surface area contributed by atoms with E-state index in [4.69, 9.17) is 9.47 Å². The lowest BCUT2D eigenvalue weighted by molar-refractivity contribution is 0.102. The van der Waals surface area contributed by atoms with Crippen LogP contribution in [0.4, 0.5) is 10.1 Å². The number of rotatable bonds is 7. The van der Waals surface area contributed by atoms with Crippen LogP contribution in [0.3, 0.4) is 0 Å². The molecular formula is C25H23FN4O3. The zero-order valence-electron chi connectivity index (χ0n) is 18.4. The van der Waals surface area contributed by atoms with Gasteiger partial charge in [0.1, 0.15) is 11.6 Å². The van der Waals surface area contributed by atoms with E-state index >= 15 is 0 Å². The van der Waals surface area contributed by atoms with E-state index in [1.54, 1.807) is 30.0 Å². The topological polar surface area (TPSA) is 78.3 Å². The number of anilines is 1. The molecule has 0 radical (unpaired) electrons. The monoisotopic (exact) mass is 446 g/mol. The molecule has 0 unspecified atom stereocenters. The Bertz CT molecular complexity index is 1270. The van der Waals surface area contributed by atoms with E-state index in [1.165, 1.54) is 24.3 Å². The van der Waals surface area contributed by atoms with Crippen LogP contribution in [0.15, 0.2) is 72.8 Å². The predicted molar refractivity (Wildman–Crippen MR) is 123 cm³/mol. The standard InChI is InChI=1S/C25H23FN4O3/c1-16(2)33-25-28-23(18-6-4-9-22(14-18)32-3)30(29-25)21-8-5-7-20(15-21)27-24(31)17-10-12-19(26)13-11-17/h4-16H,1-3H3,(H,27,31). The Hall–Kier alpha value is -4.20. The summed E-state index contributed by atoms with van der Waals surface area (Å²) >= 11 is 0. The van der Waals surface area contributed by atoms with Crippen LogP contribution in [0.25, 0.3) is 17.1 Å². The number of ether oxygens (including phenoxy) is 2. The molecule has 0 atom stereocenters. The fourth-order valence-corrected chi connectivity index (χ4v) is 3.20. The van der Waals surface area contributed by atoms with Gasteiger partial charge < -0.3 is 14.8 Å². The summed E-state index contributed by atoms with van der Waals surface area (Å²) in [5.74, 6) is 0.507. The van der Waals surface area contributed by atoms with Gasteiger partial charge in [-0.2, -0.15) is 4.98 Å². The van der Waals surface area contributed by atoms with Crippen molar-refractivity contribution in [3.63, 3.8) is 0 Å². The van der Waals surface area contributed by atoms with Crippen LogP contribution < -0.4 is 14.8 Å². The second-order valence-corrected chi connectivity index (χ2v) is 7.54. The Morgan fingerprint density at radius 3 is 2.52 bits per heavy atom. The summed E-state index contributed by atoms with van der Waals surface area (Å²) in [6, 6.07) is 20.3. The van der Waals surface area contributed by atoms with E-state index in [2.05, 4.69) is 15.4 Å². The lowest BCUT2D eigenvalue weighted by Crippen LogP contribution is -2.12. The van der Waals surface area contributed by atoms with E-state index in [0.29, 0.717) is 28.5 Å². The highest BCUT2D eigenvalue weighted by molar-refractivity contribution is 6.04. The molecular weight excluding hydrogens is 423 g/mol. The number of amides is 1. The molecule has 1 N–H and O–H groups in total. The average molecular weight is 446 g/mol. The van der Waals surface area contributed by atoms with Crippen molar-refractivity contribution in [3.8, 4) is 28.8 Å². The van der Waals surface area contributed by atoms with Gasteiger partial charge >= 0.3 is 6.01 Å². The van der Waals surface area contributed by atoms with E-state index in [1.807, 2.05) is 44.2 Å². The quantitative estimate of drug-likeness (QED) is 0.426. The molecule has 1 aromatic heterocycles. The second-order valence-electron chi connectivity index (χ2n) is 7.54. The average Bonchev–Trinajstić information content (AvgIpc) is 3.23. The zero-order chi connectivity index (χ0) is 23.4. The van der Waals surface area contributed by atoms with Crippen LogP contribution in [-0.2, 0) is 0 Å². The Morgan fingerprint density at radius 1 is 1.03 bits per heavy atom. The molecule has 0 aliphatic rings. The number of nitrogens with one attached hydrogen (secondary N) is 1. The molecule has 33 heavy (non-hydrogen) atoms. The van der Waals surface area contributed by atoms with Gasteiger partial charge in [-0.1, -0.05) is 18.2 Å². The Morgan fingerprint density at radius 2 is 1.79 bits per heavy atom. The van der Waals surface area contributed by atoms with Crippen LogP contribution in [0.2, 0.25) is 0 Å². The summed E-state index contributed by atoms with van der Waals surface area (Å²) in [5, 5.41) is 7.36. The van der Waals surface area contributed by atoms with Crippen molar-refractivity contribution >= 4 is 11.6 Å². The van der Waals surface area contributed by atoms with Crippen LogP contribution in [0.5, 0.6) is 11.8 Å². The normalized spacial score (nSPS) is 10.8. The third-order valence-electron chi connectivity index (χ3n) is 4.71. The van der Waals surface area contributed by atoms with Crippen LogP contribution >= 0.6 is 0 Å². The third-order valence-corrected chi connectivity index (χ3v) is 4.71. The Labute approximate surface area is 190 Å². The first-order valence-electron chi connectivity index (χ1n) is 10.4. The van der Waals surface area contributed by atoms with Crippen molar-refractivity contribution in [2.75, 3.05) is 12.4 Å². The second kappa shape index (κ2) is 9.52. The number of carbonyl (C=O) groups excluding carboxylic acids is 1. The first-order valence-corrected chi connectivity index (χ1v) is 10.4. The van der Waals surface area contributed by atoms with Gasteiger partial charge in [-0.25, -0.2) is 9.07 Å². The number of carbonyl (C=O) groups is 1. The fourth-order valence-electron chi connectivity index (χ4n) is 3.20. The van der Waals surface area contributed by atoms with Gasteiger partial charge in [-0.05, 0) is 68.4 Å². The number of halogens is 1. The maximum atomic E-state index is 13.2. The molecule has 0 bridgehead atoms. The van der Waals surface area contributed by atoms with Gasteiger partial charge in [0.05, 0.1) is 18.9 Å². The minimum Gasteiger partial charge on any atom is -0.497 e. The molecule has 0 saturated heterocycles. The fraction of sp³-hybridized carbons (Fsp3) is 0.160. The molecule has 0 aliphatic heterocycles. The van der Waals surface area contributed by atoms with Gasteiger partial charge in [0.15, 0.2) is 5.82 Å². The summed E-state index contributed by atoms with van der Waals surface area (Å²) in [6.45, 7) is 3.80. The van der Waals surface area contributed by atoms with Crippen LogP contribution in [-0.4, -0.2) is 33.9 Å². The van der Waals surface area contributed by atoms with Gasteiger partial charge in [0.25, 0.3) is 5.91 Å². The van der Waals surface area contributed by atoms with Crippen LogP contribution in [0, 0.1) is 5.82 Å². The molecule has 0 saturated carbocycles. The SMILES string of the molecule is COc1cccc(-c2nc(OC(C)C)nn2-c2cccc(NC(=O)c3ccc(F)cc3)c2)c1.